The van der Waals surface area contributed by atoms with Gasteiger partial charge in [0.2, 0.25) is 0 Å². The van der Waals surface area contributed by atoms with Gasteiger partial charge in [0.25, 0.3) is 0 Å². The zero-order valence-corrected chi connectivity index (χ0v) is 24.7. The molecule has 3 radical (unpaired) electrons. The second-order valence-corrected chi connectivity index (χ2v) is 6.18. The Hall–Kier alpha value is 6.61. The molecule has 0 heterocycles. The fraction of sp³-hybridized carbons (Fsp3) is 0.400. The molecule has 0 saturated carbocycles. The minimum Gasteiger partial charge on any atom is -0.614 e. The van der Waals surface area contributed by atoms with Crippen molar-refractivity contribution in [1.82, 2.24) is 0 Å². The standard InChI is InChI=1S/C4H10OSi.2C2H4O.2CH3.3Ar.3Y/c1-5-6(2,3)4;2*1-2-3;;;;;;;;/h1-2H2,3-4H3;2*2H,1H3;2*1H3;;;;;;/q-2;;;2*-1;;;;;;. The summed E-state index contributed by atoms with van der Waals surface area (Å²) in [6.45, 7) is 10.6. The van der Waals surface area contributed by atoms with E-state index in [1.165, 1.54) is 13.8 Å². The smallest absolute Gasteiger partial charge is 0.116 e. The summed E-state index contributed by atoms with van der Waals surface area (Å²) in [4.78, 5) is 17.6. The minimum absolute atomic E-state index is 0. The second-order valence-electron chi connectivity index (χ2n) is 2.38. The summed E-state index contributed by atoms with van der Waals surface area (Å²) in [6, 6.07) is 0. The Morgan fingerprint density at radius 2 is 0.900 bits per heavy atom. The van der Waals surface area contributed by atoms with Crippen LogP contribution in [0.1, 0.15) is 13.8 Å². The maximum atomic E-state index is 8.81. The average Bonchev–Trinajstić information content (AvgIpc) is 1.90. The molecule has 0 amide bonds. The van der Waals surface area contributed by atoms with E-state index in [4.69, 9.17) is 14.0 Å². The summed E-state index contributed by atoms with van der Waals surface area (Å²) in [7, 11) is 1.76. The first-order valence-corrected chi connectivity index (χ1v) is 6.59. The van der Waals surface area contributed by atoms with Crippen LogP contribution in [0.15, 0.2) is 0 Å². The summed E-state index contributed by atoms with van der Waals surface area (Å²) >= 11 is 0. The number of hydrogen-bond donors (Lipinski definition) is 0. The third-order valence-electron chi connectivity index (χ3n) is 0.391. The van der Waals surface area contributed by atoms with Gasteiger partial charge in [-0.05, 0) is 22.2 Å². The molecule has 0 bridgehead atoms. The van der Waals surface area contributed by atoms with E-state index in [-0.39, 0.29) is 226 Å². The van der Waals surface area contributed by atoms with Gasteiger partial charge in [0.1, 0.15) is 12.6 Å². The average molecular weight is 607 g/mol. The van der Waals surface area contributed by atoms with Gasteiger partial charge in [-0.25, -0.2) is 7.11 Å². The van der Waals surface area contributed by atoms with Gasteiger partial charge in [0, 0.05) is 211 Å². The van der Waals surface area contributed by atoms with Gasteiger partial charge >= 0.3 is 0 Å². The SMILES string of the molecule is CC=O.CC=O.[Ar].[Ar].[Ar].[CH2-]O[Si]([CH2-])(C)C.[CH3-].[CH3-].[Y].[Y].[Y]. The van der Waals surface area contributed by atoms with Crippen LogP contribution in [0, 0.1) is 142 Å². The van der Waals surface area contributed by atoms with Crippen molar-refractivity contribution in [3.05, 3.63) is 28.5 Å². The van der Waals surface area contributed by atoms with Crippen LogP contribution in [0.25, 0.3) is 0 Å². The fourth-order valence-electron chi connectivity index (χ4n) is 0. The van der Waals surface area contributed by atoms with Gasteiger partial charge in [-0.2, -0.15) is 0 Å². The van der Waals surface area contributed by atoms with Crippen molar-refractivity contribution in [2.45, 2.75) is 26.9 Å². The van der Waals surface area contributed by atoms with Crippen molar-refractivity contribution < 1.29 is 225 Å². The van der Waals surface area contributed by atoms with Gasteiger partial charge in [-0.3, -0.25) is 0 Å². The maximum Gasteiger partial charge on any atom is 0.116 e. The van der Waals surface area contributed by atoms with Crippen LogP contribution in [0.5, 0.6) is 0 Å². The molecule has 0 spiro atoms. The number of carbonyl (C=O) groups is 2. The molecule has 3 nitrogen and oxygen atoms in total. The normalized spacial score (nSPS) is 4.90. The van der Waals surface area contributed by atoms with Crippen molar-refractivity contribution in [3.8, 4) is 0 Å². The van der Waals surface area contributed by atoms with Crippen molar-refractivity contribution in [3.63, 3.8) is 0 Å². The van der Waals surface area contributed by atoms with Crippen molar-refractivity contribution in [2.75, 3.05) is 0 Å². The molecule has 0 aromatic carbocycles. The molecule has 0 aliphatic heterocycles. The van der Waals surface area contributed by atoms with Crippen LogP contribution in [0.2, 0.25) is 13.1 Å². The molecular formula is C10H24Ar3O3SiY3-4. The molecule has 0 aromatic heterocycles. The van der Waals surface area contributed by atoms with E-state index in [0.29, 0.717) is 0 Å². The number of hydrogen-bond acceptors (Lipinski definition) is 3. The van der Waals surface area contributed by atoms with E-state index in [0.717, 1.165) is 12.6 Å². The molecule has 0 aliphatic rings. The van der Waals surface area contributed by atoms with E-state index in [2.05, 4.69) is 13.7 Å². The molecule has 0 fully saturated rings. The minimum atomic E-state index is -1.49. The Balaban J connectivity index is -0.00000000592. The van der Waals surface area contributed by atoms with Gasteiger partial charge in [0.05, 0.1) is 0 Å². The van der Waals surface area contributed by atoms with Crippen LogP contribution < -0.4 is 0 Å². The quantitative estimate of drug-likeness (QED) is 0.262. The molecule has 0 rings (SSSR count). The van der Waals surface area contributed by atoms with Crippen LogP contribution in [-0.2, 0) is 112 Å². The molecule has 20 heavy (non-hydrogen) atoms. The summed E-state index contributed by atoms with van der Waals surface area (Å²) in [6.07, 6.45) is 1.50. The van der Waals surface area contributed by atoms with E-state index < -0.39 is 8.32 Å². The Labute approximate surface area is 293 Å². The summed E-state index contributed by atoms with van der Waals surface area (Å²) in [5.41, 5.74) is 0. The molecule has 10 heteroatoms. The van der Waals surface area contributed by atoms with E-state index in [1.807, 2.05) is 13.1 Å². The Morgan fingerprint density at radius 3 is 0.900 bits per heavy atom. The molecule has 0 atom stereocenters. The van der Waals surface area contributed by atoms with Gasteiger partial charge < -0.3 is 35.4 Å². The van der Waals surface area contributed by atoms with Crippen LogP contribution >= 0.6 is 0 Å². The zero-order valence-electron chi connectivity index (χ0n) is 13.1. The molecule has 0 unspecified atom stereocenters. The van der Waals surface area contributed by atoms with E-state index in [1.54, 1.807) is 0 Å². The maximum absolute atomic E-state index is 8.81. The predicted molar refractivity (Wildman–Crippen MR) is 65.6 cm³/mol. The zero-order chi connectivity index (χ0) is 10.6. The largest absolute Gasteiger partial charge is 0.614 e. The van der Waals surface area contributed by atoms with E-state index >= 15 is 0 Å². The van der Waals surface area contributed by atoms with Gasteiger partial charge in [-0.15, -0.1) is 0 Å². The molecule has 123 valence electrons. The molecular weight excluding hydrogens is 583 g/mol. The molecule has 0 saturated heterocycles. The molecule has 0 N–H and O–H groups in total. The number of carbonyl (C=O) groups excluding carboxylic acids is 2. The van der Waals surface area contributed by atoms with E-state index in [9.17, 15) is 0 Å². The Bertz CT molecular complexity index is 116. The predicted octanol–water partition coefficient (Wildman–Crippen LogP) is 2.68. The Morgan fingerprint density at radius 1 is 0.850 bits per heavy atom. The first-order valence-electron chi connectivity index (χ1n) is 3.47. The van der Waals surface area contributed by atoms with Crippen molar-refractivity contribution in [2.24, 2.45) is 0 Å². The van der Waals surface area contributed by atoms with Gasteiger partial charge in [0.15, 0.2) is 0 Å². The van der Waals surface area contributed by atoms with Crippen molar-refractivity contribution >= 4 is 20.9 Å². The Kier molecular flexibility index (Phi) is 228. The third-order valence-corrected chi connectivity index (χ3v) is 1.17. The third kappa shape index (κ3) is 149. The van der Waals surface area contributed by atoms with Crippen molar-refractivity contribution in [1.29, 1.82) is 0 Å². The fourth-order valence-corrected chi connectivity index (χ4v) is 0. The molecule has 0 aliphatic carbocycles. The summed E-state index contributed by atoms with van der Waals surface area (Å²) in [5, 5.41) is 0. The first kappa shape index (κ1) is 71.6. The van der Waals surface area contributed by atoms with Crippen LogP contribution in [-0.4, -0.2) is 20.9 Å². The van der Waals surface area contributed by atoms with Crippen LogP contribution in [0.4, 0.5) is 0 Å². The van der Waals surface area contributed by atoms with Crippen LogP contribution in [0.3, 0.4) is 0 Å². The summed E-state index contributed by atoms with van der Waals surface area (Å²) < 4.78 is 4.72. The number of aldehydes is 2. The number of rotatable bonds is 1. The second kappa shape index (κ2) is 63.7. The first-order chi connectivity index (χ1) is 5.39. The monoisotopic (exact) mass is 607 g/mol. The topological polar surface area (TPSA) is 43.4 Å². The molecule has 0 aromatic rings. The van der Waals surface area contributed by atoms with Gasteiger partial charge in [-0.1, -0.05) is 13.1 Å². The summed E-state index contributed by atoms with van der Waals surface area (Å²) in [5.74, 6) is 0.